The van der Waals surface area contributed by atoms with Gasteiger partial charge in [0.1, 0.15) is 0 Å². The normalized spacial score (nSPS) is 19.5. The van der Waals surface area contributed by atoms with Gasteiger partial charge in [-0.2, -0.15) is 5.10 Å². The molecule has 22 heavy (non-hydrogen) atoms. The standard InChI is InChI=1S/C15H21N5O2/c1-10-13-6-11(7-16-14(13)20(3)18-10)15(21)17-8-12-9-19(2)4-5-22-12/h6-7,12H,4-5,8-9H2,1-3H3,(H,17,21). The number of carbonyl (C=O) groups excluding carboxylic acids is 1. The number of hydrogen-bond donors (Lipinski definition) is 1. The van der Waals surface area contributed by atoms with E-state index >= 15 is 0 Å². The van der Waals surface area contributed by atoms with Crippen LogP contribution in [0.5, 0.6) is 0 Å². The van der Waals surface area contributed by atoms with Gasteiger partial charge in [-0.25, -0.2) is 4.98 Å². The van der Waals surface area contributed by atoms with E-state index in [1.54, 1.807) is 10.9 Å². The largest absolute Gasteiger partial charge is 0.374 e. The number of nitrogens with one attached hydrogen (secondary N) is 1. The summed E-state index contributed by atoms with van der Waals surface area (Å²) in [6.07, 6.45) is 1.63. The highest BCUT2D eigenvalue weighted by Crippen LogP contribution is 2.16. The Morgan fingerprint density at radius 1 is 1.50 bits per heavy atom. The van der Waals surface area contributed by atoms with Gasteiger partial charge in [-0.3, -0.25) is 9.48 Å². The number of pyridine rings is 1. The van der Waals surface area contributed by atoms with Crippen molar-refractivity contribution in [2.75, 3.05) is 33.3 Å². The molecular formula is C15H21N5O2. The first-order valence-corrected chi connectivity index (χ1v) is 7.42. The molecule has 118 valence electrons. The lowest BCUT2D eigenvalue weighted by molar-refractivity contribution is -0.0175. The molecule has 1 saturated heterocycles. The number of aryl methyl sites for hydroxylation is 2. The van der Waals surface area contributed by atoms with Gasteiger partial charge in [0, 0.05) is 38.3 Å². The molecular weight excluding hydrogens is 282 g/mol. The Morgan fingerprint density at radius 2 is 2.32 bits per heavy atom. The van der Waals surface area contributed by atoms with Gasteiger partial charge in [0.2, 0.25) is 0 Å². The minimum atomic E-state index is -0.130. The molecule has 3 heterocycles. The van der Waals surface area contributed by atoms with Crippen molar-refractivity contribution in [3.8, 4) is 0 Å². The fourth-order valence-corrected chi connectivity index (χ4v) is 2.73. The van der Waals surface area contributed by atoms with Crippen LogP contribution in [-0.2, 0) is 11.8 Å². The molecule has 1 unspecified atom stereocenters. The molecule has 1 fully saturated rings. The van der Waals surface area contributed by atoms with Crippen LogP contribution in [0.4, 0.5) is 0 Å². The molecule has 0 saturated carbocycles. The van der Waals surface area contributed by atoms with Crippen molar-refractivity contribution in [1.82, 2.24) is 25.0 Å². The molecule has 2 aromatic heterocycles. The SMILES string of the molecule is Cc1nn(C)c2ncc(C(=O)NCC3CN(C)CCO3)cc12. The van der Waals surface area contributed by atoms with E-state index in [2.05, 4.69) is 27.3 Å². The minimum absolute atomic E-state index is 0.0412. The van der Waals surface area contributed by atoms with Crippen molar-refractivity contribution in [2.24, 2.45) is 7.05 Å². The monoisotopic (exact) mass is 303 g/mol. The summed E-state index contributed by atoms with van der Waals surface area (Å²) in [6, 6.07) is 1.84. The second-order valence-corrected chi connectivity index (χ2v) is 5.77. The number of carbonyl (C=O) groups is 1. The quantitative estimate of drug-likeness (QED) is 0.885. The number of ether oxygens (including phenoxy) is 1. The van der Waals surface area contributed by atoms with Gasteiger partial charge in [-0.15, -0.1) is 0 Å². The zero-order chi connectivity index (χ0) is 15.7. The second kappa shape index (κ2) is 6.02. The van der Waals surface area contributed by atoms with Crippen LogP contribution < -0.4 is 5.32 Å². The Morgan fingerprint density at radius 3 is 3.09 bits per heavy atom. The molecule has 7 heteroatoms. The summed E-state index contributed by atoms with van der Waals surface area (Å²) in [7, 11) is 3.90. The van der Waals surface area contributed by atoms with Crippen LogP contribution in [0.2, 0.25) is 0 Å². The van der Waals surface area contributed by atoms with Gasteiger partial charge in [-0.1, -0.05) is 0 Å². The molecule has 1 amide bonds. The van der Waals surface area contributed by atoms with Crippen LogP contribution >= 0.6 is 0 Å². The summed E-state index contributed by atoms with van der Waals surface area (Å²) in [5, 5.41) is 8.14. The van der Waals surface area contributed by atoms with E-state index in [1.807, 2.05) is 20.0 Å². The Bertz CT molecular complexity index is 697. The van der Waals surface area contributed by atoms with Crippen molar-refractivity contribution >= 4 is 16.9 Å². The fourth-order valence-electron chi connectivity index (χ4n) is 2.73. The van der Waals surface area contributed by atoms with Crippen LogP contribution in [0.25, 0.3) is 11.0 Å². The van der Waals surface area contributed by atoms with Crippen molar-refractivity contribution in [3.05, 3.63) is 23.5 Å². The maximum absolute atomic E-state index is 12.3. The summed E-state index contributed by atoms with van der Waals surface area (Å²) in [4.78, 5) is 18.8. The maximum atomic E-state index is 12.3. The van der Waals surface area contributed by atoms with Gasteiger partial charge in [0.05, 0.1) is 24.0 Å². The van der Waals surface area contributed by atoms with Crippen molar-refractivity contribution in [1.29, 1.82) is 0 Å². The maximum Gasteiger partial charge on any atom is 0.252 e. The first-order chi connectivity index (χ1) is 10.5. The van der Waals surface area contributed by atoms with E-state index in [9.17, 15) is 4.79 Å². The smallest absolute Gasteiger partial charge is 0.252 e. The van der Waals surface area contributed by atoms with Crippen molar-refractivity contribution < 1.29 is 9.53 Å². The third-order valence-electron chi connectivity index (χ3n) is 3.96. The lowest BCUT2D eigenvalue weighted by Crippen LogP contribution is -2.45. The van der Waals surface area contributed by atoms with Gasteiger partial charge in [0.15, 0.2) is 5.65 Å². The lowest BCUT2D eigenvalue weighted by atomic mass is 10.2. The molecule has 1 N–H and O–H groups in total. The molecule has 0 radical (unpaired) electrons. The number of rotatable bonds is 3. The highest BCUT2D eigenvalue weighted by molar-refractivity contribution is 5.97. The van der Waals surface area contributed by atoms with Crippen LogP contribution in [0, 0.1) is 6.92 Å². The molecule has 1 atom stereocenters. The van der Waals surface area contributed by atoms with Crippen LogP contribution in [-0.4, -0.2) is 65.0 Å². The number of amides is 1. The summed E-state index contributed by atoms with van der Waals surface area (Å²) in [6.45, 7) is 4.90. The van der Waals surface area contributed by atoms with Crippen LogP contribution in [0.3, 0.4) is 0 Å². The van der Waals surface area contributed by atoms with Gasteiger partial charge in [-0.05, 0) is 20.0 Å². The molecule has 2 aromatic rings. The predicted molar refractivity (Wildman–Crippen MR) is 82.8 cm³/mol. The van der Waals surface area contributed by atoms with Crippen molar-refractivity contribution in [3.63, 3.8) is 0 Å². The van der Waals surface area contributed by atoms with E-state index < -0.39 is 0 Å². The molecule has 0 bridgehead atoms. The number of likely N-dealkylation sites (N-methyl/N-ethyl adjacent to an activating group) is 1. The highest BCUT2D eigenvalue weighted by Gasteiger charge is 2.19. The average Bonchev–Trinajstić information content (AvgIpc) is 2.79. The van der Waals surface area contributed by atoms with E-state index in [0.29, 0.717) is 18.7 Å². The number of morpholine rings is 1. The Kier molecular flexibility index (Phi) is 4.08. The zero-order valence-electron chi connectivity index (χ0n) is 13.2. The first kappa shape index (κ1) is 14.9. The van der Waals surface area contributed by atoms with Gasteiger partial charge >= 0.3 is 0 Å². The average molecular weight is 303 g/mol. The predicted octanol–water partition coefficient (Wildman–Crippen LogP) is 0.337. The van der Waals surface area contributed by atoms with E-state index in [0.717, 1.165) is 29.8 Å². The highest BCUT2D eigenvalue weighted by atomic mass is 16.5. The minimum Gasteiger partial charge on any atom is -0.374 e. The van der Waals surface area contributed by atoms with Crippen LogP contribution in [0.1, 0.15) is 16.1 Å². The third kappa shape index (κ3) is 2.95. The van der Waals surface area contributed by atoms with E-state index in [4.69, 9.17) is 4.74 Å². The fraction of sp³-hybridized carbons (Fsp3) is 0.533. The second-order valence-electron chi connectivity index (χ2n) is 5.77. The molecule has 0 aromatic carbocycles. The molecule has 7 nitrogen and oxygen atoms in total. The summed E-state index contributed by atoms with van der Waals surface area (Å²) in [5.41, 5.74) is 2.20. The first-order valence-electron chi connectivity index (χ1n) is 7.42. The summed E-state index contributed by atoms with van der Waals surface area (Å²) < 4.78 is 7.36. The third-order valence-corrected chi connectivity index (χ3v) is 3.96. The number of aromatic nitrogens is 3. The zero-order valence-corrected chi connectivity index (χ0v) is 13.2. The Balaban J connectivity index is 1.68. The van der Waals surface area contributed by atoms with Gasteiger partial charge < -0.3 is 15.0 Å². The summed E-state index contributed by atoms with van der Waals surface area (Å²) in [5.74, 6) is -0.130. The molecule has 1 aliphatic heterocycles. The molecule has 0 aliphatic carbocycles. The Labute approximate surface area is 129 Å². The lowest BCUT2D eigenvalue weighted by Gasteiger charge is -2.30. The number of nitrogens with zero attached hydrogens (tertiary/aromatic N) is 4. The van der Waals surface area contributed by atoms with Crippen LogP contribution in [0.15, 0.2) is 12.3 Å². The number of hydrogen-bond acceptors (Lipinski definition) is 5. The van der Waals surface area contributed by atoms with E-state index in [1.165, 1.54) is 0 Å². The van der Waals surface area contributed by atoms with Gasteiger partial charge in [0.25, 0.3) is 5.91 Å². The topological polar surface area (TPSA) is 72.3 Å². The molecule has 1 aliphatic rings. The molecule has 0 spiro atoms. The molecule has 3 rings (SSSR count). The number of fused-ring (bicyclic) bond motifs is 1. The Hall–Kier alpha value is -1.99. The van der Waals surface area contributed by atoms with Crippen molar-refractivity contribution in [2.45, 2.75) is 13.0 Å². The summed E-state index contributed by atoms with van der Waals surface area (Å²) >= 11 is 0. The van der Waals surface area contributed by atoms with E-state index in [-0.39, 0.29) is 12.0 Å².